The molecule has 140 valence electrons. The van der Waals surface area contributed by atoms with Crippen molar-refractivity contribution in [2.45, 2.75) is 39.3 Å². The number of carbonyl (C=O) groups excluding carboxylic acids is 1. The first-order chi connectivity index (χ1) is 12.4. The van der Waals surface area contributed by atoms with Crippen molar-refractivity contribution in [1.29, 1.82) is 0 Å². The number of hydrogen-bond acceptors (Lipinski definition) is 4. The van der Waals surface area contributed by atoms with Crippen LogP contribution in [0.1, 0.15) is 26.3 Å². The molecule has 2 aromatic carbocycles. The fourth-order valence-corrected chi connectivity index (χ4v) is 3.92. The Labute approximate surface area is 155 Å². The number of carbonyl (C=O) groups is 1. The SMILES string of the molecule is CCP(=O)(N[C@@H](Cc1ccccc1)C(=O)OC(C)C)Oc1ccccc1. The summed E-state index contributed by atoms with van der Waals surface area (Å²) < 4.78 is 24.3. The van der Waals surface area contributed by atoms with Crippen molar-refractivity contribution in [2.24, 2.45) is 0 Å². The van der Waals surface area contributed by atoms with Crippen LogP contribution in [0.5, 0.6) is 5.75 Å². The van der Waals surface area contributed by atoms with Crippen molar-refractivity contribution in [1.82, 2.24) is 5.09 Å². The zero-order valence-electron chi connectivity index (χ0n) is 15.4. The molecule has 1 unspecified atom stereocenters. The Morgan fingerprint density at radius 2 is 1.62 bits per heavy atom. The molecule has 0 heterocycles. The molecule has 0 aliphatic carbocycles. The van der Waals surface area contributed by atoms with Gasteiger partial charge in [0.15, 0.2) is 0 Å². The van der Waals surface area contributed by atoms with E-state index in [0.717, 1.165) is 5.56 Å². The van der Waals surface area contributed by atoms with Crippen molar-refractivity contribution in [3.63, 3.8) is 0 Å². The van der Waals surface area contributed by atoms with Gasteiger partial charge in [-0.3, -0.25) is 9.36 Å². The normalized spacial score (nSPS) is 14.5. The van der Waals surface area contributed by atoms with E-state index in [1.165, 1.54) is 0 Å². The molecule has 2 atom stereocenters. The Bertz CT molecular complexity index is 734. The van der Waals surface area contributed by atoms with Gasteiger partial charge in [0.25, 0.3) is 0 Å². The van der Waals surface area contributed by atoms with Crippen molar-refractivity contribution in [3.05, 3.63) is 66.2 Å². The van der Waals surface area contributed by atoms with E-state index in [0.29, 0.717) is 12.2 Å². The number of esters is 1. The largest absolute Gasteiger partial charge is 0.462 e. The maximum absolute atomic E-state index is 13.2. The second-order valence-corrected chi connectivity index (χ2v) is 8.67. The maximum atomic E-state index is 13.2. The summed E-state index contributed by atoms with van der Waals surface area (Å²) in [7, 11) is -3.26. The first-order valence-electron chi connectivity index (χ1n) is 8.78. The van der Waals surface area contributed by atoms with Crippen molar-refractivity contribution < 1.29 is 18.6 Å². The van der Waals surface area contributed by atoms with E-state index in [-0.39, 0.29) is 12.3 Å². The highest BCUT2D eigenvalue weighted by atomic mass is 31.2. The van der Waals surface area contributed by atoms with Crippen LogP contribution in [0, 0.1) is 0 Å². The first kappa shape index (κ1) is 20.2. The Morgan fingerprint density at radius 1 is 1.04 bits per heavy atom. The molecule has 0 spiro atoms. The molecule has 0 aromatic heterocycles. The first-order valence-corrected chi connectivity index (χ1v) is 10.6. The Kier molecular flexibility index (Phi) is 7.43. The van der Waals surface area contributed by atoms with Gasteiger partial charge in [0, 0.05) is 6.16 Å². The summed E-state index contributed by atoms with van der Waals surface area (Å²) in [6, 6.07) is 17.8. The number of rotatable bonds is 9. The van der Waals surface area contributed by atoms with Crippen LogP contribution in [-0.2, 0) is 20.5 Å². The quantitative estimate of drug-likeness (QED) is 0.519. The highest BCUT2D eigenvalue weighted by Gasteiger charge is 2.31. The van der Waals surface area contributed by atoms with E-state index in [4.69, 9.17) is 9.26 Å². The third kappa shape index (κ3) is 6.32. The molecule has 0 aliphatic heterocycles. The summed E-state index contributed by atoms with van der Waals surface area (Å²) in [5.41, 5.74) is 0.952. The van der Waals surface area contributed by atoms with Crippen molar-refractivity contribution in [2.75, 3.05) is 6.16 Å². The van der Waals surface area contributed by atoms with Crippen LogP contribution < -0.4 is 9.61 Å². The van der Waals surface area contributed by atoms with Gasteiger partial charge in [-0.05, 0) is 38.0 Å². The lowest BCUT2D eigenvalue weighted by Crippen LogP contribution is -2.40. The topological polar surface area (TPSA) is 64.6 Å². The van der Waals surface area contributed by atoms with Gasteiger partial charge in [-0.1, -0.05) is 55.5 Å². The van der Waals surface area contributed by atoms with Gasteiger partial charge < -0.3 is 9.26 Å². The lowest BCUT2D eigenvalue weighted by atomic mass is 10.1. The molecule has 0 bridgehead atoms. The van der Waals surface area contributed by atoms with E-state index in [1.54, 1.807) is 32.9 Å². The van der Waals surface area contributed by atoms with E-state index in [1.807, 2.05) is 48.5 Å². The number of ether oxygens (including phenoxy) is 1. The average molecular weight is 375 g/mol. The second kappa shape index (κ2) is 9.56. The molecule has 0 saturated carbocycles. The van der Waals surface area contributed by atoms with Gasteiger partial charge >= 0.3 is 13.5 Å². The monoisotopic (exact) mass is 375 g/mol. The van der Waals surface area contributed by atoms with Crippen LogP contribution in [0.2, 0.25) is 0 Å². The van der Waals surface area contributed by atoms with E-state index in [2.05, 4.69) is 5.09 Å². The van der Waals surface area contributed by atoms with Crippen molar-refractivity contribution >= 4 is 13.5 Å². The van der Waals surface area contributed by atoms with E-state index in [9.17, 15) is 9.36 Å². The lowest BCUT2D eigenvalue weighted by Gasteiger charge is -2.25. The minimum absolute atomic E-state index is 0.251. The number of para-hydroxylation sites is 1. The van der Waals surface area contributed by atoms with Gasteiger partial charge in [-0.15, -0.1) is 0 Å². The molecule has 0 amide bonds. The zero-order chi connectivity index (χ0) is 19.0. The van der Waals surface area contributed by atoms with Gasteiger partial charge in [0.2, 0.25) is 0 Å². The molecule has 0 aliphatic rings. The predicted molar refractivity (Wildman–Crippen MR) is 104 cm³/mol. The molecule has 26 heavy (non-hydrogen) atoms. The van der Waals surface area contributed by atoms with E-state index >= 15 is 0 Å². The highest BCUT2D eigenvalue weighted by molar-refractivity contribution is 7.57. The summed E-state index contributed by atoms with van der Waals surface area (Å²) >= 11 is 0. The summed E-state index contributed by atoms with van der Waals surface area (Å²) in [6.45, 7) is 5.35. The van der Waals surface area contributed by atoms with Gasteiger partial charge in [0.1, 0.15) is 11.8 Å². The Morgan fingerprint density at radius 3 is 2.15 bits per heavy atom. The molecule has 2 aromatic rings. The van der Waals surface area contributed by atoms with Gasteiger partial charge in [-0.2, -0.15) is 0 Å². The summed E-state index contributed by atoms with van der Waals surface area (Å²) in [5.74, 6) is 0.0649. The van der Waals surface area contributed by atoms with Crippen LogP contribution in [0.3, 0.4) is 0 Å². The number of hydrogen-bond donors (Lipinski definition) is 1. The van der Waals surface area contributed by atoms with Gasteiger partial charge in [0.05, 0.1) is 6.10 Å². The van der Waals surface area contributed by atoms with Crippen LogP contribution in [0.4, 0.5) is 0 Å². The molecule has 0 fully saturated rings. The van der Waals surface area contributed by atoms with Crippen LogP contribution in [0.15, 0.2) is 60.7 Å². The molecule has 6 heteroatoms. The molecular formula is C20H26NO4P. The highest BCUT2D eigenvalue weighted by Crippen LogP contribution is 2.43. The third-order valence-corrected chi connectivity index (χ3v) is 5.73. The Hall–Kier alpha value is -2.10. The molecule has 0 radical (unpaired) electrons. The smallest absolute Gasteiger partial charge is 0.324 e. The molecular weight excluding hydrogens is 349 g/mol. The summed E-state index contributed by atoms with van der Waals surface area (Å²) in [5, 5.41) is 2.94. The van der Waals surface area contributed by atoms with Gasteiger partial charge in [-0.25, -0.2) is 5.09 Å². The van der Waals surface area contributed by atoms with Crippen LogP contribution >= 0.6 is 7.52 Å². The standard InChI is InChI=1S/C20H26NO4P/c1-4-26(23,25-18-13-9-6-10-14-18)21-19(20(22)24-16(2)3)15-17-11-7-5-8-12-17/h5-14,16,19H,4,15H2,1-3H3,(H,21,23)/t19-,26?/m0/s1. The second-order valence-electron chi connectivity index (χ2n) is 6.25. The molecule has 5 nitrogen and oxygen atoms in total. The molecule has 1 N–H and O–H groups in total. The predicted octanol–water partition coefficient (Wildman–Crippen LogP) is 4.43. The van der Waals surface area contributed by atoms with Crippen LogP contribution in [0.25, 0.3) is 0 Å². The molecule has 2 rings (SSSR count). The fourth-order valence-electron chi connectivity index (χ4n) is 2.42. The molecule has 0 saturated heterocycles. The minimum Gasteiger partial charge on any atom is -0.462 e. The third-order valence-electron chi connectivity index (χ3n) is 3.68. The van der Waals surface area contributed by atoms with E-state index < -0.39 is 19.5 Å². The minimum atomic E-state index is -3.26. The lowest BCUT2D eigenvalue weighted by molar-refractivity contribution is -0.149. The number of benzene rings is 2. The maximum Gasteiger partial charge on any atom is 0.324 e. The van der Waals surface area contributed by atoms with Crippen LogP contribution in [-0.4, -0.2) is 24.3 Å². The van der Waals surface area contributed by atoms with Crippen molar-refractivity contribution in [3.8, 4) is 5.75 Å². The summed E-state index contributed by atoms with van der Waals surface area (Å²) in [6.07, 6.45) is 0.370. The fraction of sp³-hybridized carbons (Fsp3) is 0.350. The average Bonchev–Trinajstić information content (AvgIpc) is 2.62. The number of nitrogens with one attached hydrogen (secondary N) is 1. The summed E-state index contributed by atoms with van der Waals surface area (Å²) in [4.78, 5) is 12.5. The Balaban J connectivity index is 2.19. The zero-order valence-corrected chi connectivity index (χ0v) is 16.3.